The molecule has 0 N–H and O–H groups in total. The minimum absolute atomic E-state index is 0.118. The van der Waals surface area contributed by atoms with Crippen molar-refractivity contribution in [3.63, 3.8) is 0 Å². The van der Waals surface area contributed by atoms with Crippen molar-refractivity contribution >= 4 is 12.3 Å². The molecule has 0 bridgehead atoms. The highest BCUT2D eigenvalue weighted by atomic mass is 16.5. The van der Waals surface area contributed by atoms with Crippen LogP contribution in [0.2, 0.25) is 0 Å². The lowest BCUT2D eigenvalue weighted by atomic mass is 10.5. The number of aldehydes is 1. The highest BCUT2D eigenvalue weighted by Gasteiger charge is 1.93. The fraction of sp³-hybridized carbons (Fsp3) is 0.600. The molecule has 0 spiro atoms. The summed E-state index contributed by atoms with van der Waals surface area (Å²) in [6, 6.07) is 0. The van der Waals surface area contributed by atoms with Crippen LogP contribution >= 0.6 is 0 Å². The third kappa shape index (κ3) is 3.33. The van der Waals surface area contributed by atoms with Crippen molar-refractivity contribution in [2.45, 2.75) is 13.3 Å². The largest absolute Gasteiger partial charge is 0.458 e. The molecular weight excluding hydrogens is 108 g/mol. The van der Waals surface area contributed by atoms with Gasteiger partial charge in [-0.1, -0.05) is 6.92 Å². The third-order valence-electron chi connectivity index (χ3n) is 0.601. The van der Waals surface area contributed by atoms with Crippen LogP contribution in [-0.2, 0) is 14.3 Å². The Morgan fingerprint density at radius 2 is 2.38 bits per heavy atom. The summed E-state index contributed by atoms with van der Waals surface area (Å²) in [7, 11) is 0. The molecule has 8 heavy (non-hydrogen) atoms. The van der Waals surface area contributed by atoms with Gasteiger partial charge in [-0.05, 0) is 0 Å². The van der Waals surface area contributed by atoms with Gasteiger partial charge in [0.25, 0.3) is 0 Å². The van der Waals surface area contributed by atoms with Crippen LogP contribution in [0.4, 0.5) is 0 Å². The lowest BCUT2D eigenvalue weighted by Gasteiger charge is -1.93. The van der Waals surface area contributed by atoms with E-state index in [9.17, 15) is 9.59 Å². The van der Waals surface area contributed by atoms with Gasteiger partial charge in [-0.3, -0.25) is 9.59 Å². The van der Waals surface area contributed by atoms with Crippen LogP contribution in [-0.4, -0.2) is 18.9 Å². The molecule has 0 radical (unpaired) electrons. The van der Waals surface area contributed by atoms with Crippen LogP contribution in [0.3, 0.4) is 0 Å². The predicted octanol–water partition coefficient (Wildman–Crippen LogP) is 0.139. The van der Waals surface area contributed by atoms with Gasteiger partial charge in [0.05, 0.1) is 0 Å². The molecule has 0 aliphatic rings. The first-order valence-electron chi connectivity index (χ1n) is 2.40. The molecular formula is C5H8O3. The third-order valence-corrected chi connectivity index (χ3v) is 0.601. The first-order chi connectivity index (χ1) is 3.81. The molecule has 0 atom stereocenters. The molecule has 0 heterocycles. The zero-order chi connectivity index (χ0) is 6.41. The second kappa shape index (κ2) is 4.30. The number of ether oxygens (including phenoxy) is 1. The number of hydrogen-bond donors (Lipinski definition) is 0. The van der Waals surface area contributed by atoms with Crippen molar-refractivity contribution in [2.24, 2.45) is 0 Å². The first-order valence-corrected chi connectivity index (χ1v) is 2.40. The smallest absolute Gasteiger partial charge is 0.305 e. The zero-order valence-electron chi connectivity index (χ0n) is 4.72. The SMILES string of the molecule is CCC(=O)OCC=O. The van der Waals surface area contributed by atoms with Gasteiger partial charge < -0.3 is 4.74 Å². The molecule has 0 unspecified atom stereocenters. The first kappa shape index (κ1) is 7.14. The van der Waals surface area contributed by atoms with Crippen LogP contribution in [0.1, 0.15) is 13.3 Å². The van der Waals surface area contributed by atoms with E-state index in [-0.39, 0.29) is 12.6 Å². The van der Waals surface area contributed by atoms with E-state index in [1.54, 1.807) is 6.92 Å². The van der Waals surface area contributed by atoms with Gasteiger partial charge in [0, 0.05) is 6.42 Å². The summed E-state index contributed by atoms with van der Waals surface area (Å²) >= 11 is 0. The maximum atomic E-state index is 10.2. The molecule has 0 aromatic rings. The summed E-state index contributed by atoms with van der Waals surface area (Å²) in [5, 5.41) is 0. The van der Waals surface area contributed by atoms with Crippen molar-refractivity contribution in [2.75, 3.05) is 6.61 Å². The quantitative estimate of drug-likeness (QED) is 0.389. The van der Waals surface area contributed by atoms with Gasteiger partial charge in [-0.15, -0.1) is 0 Å². The fourth-order valence-electron chi connectivity index (χ4n) is 0.229. The van der Waals surface area contributed by atoms with Gasteiger partial charge in [-0.2, -0.15) is 0 Å². The summed E-state index contributed by atoms with van der Waals surface area (Å²) in [5.41, 5.74) is 0. The molecule has 0 aromatic heterocycles. The molecule has 0 aliphatic carbocycles. The monoisotopic (exact) mass is 116 g/mol. The fourth-order valence-corrected chi connectivity index (χ4v) is 0.229. The van der Waals surface area contributed by atoms with E-state index < -0.39 is 0 Å². The molecule has 0 saturated heterocycles. The Hall–Kier alpha value is -0.860. The van der Waals surface area contributed by atoms with Crippen molar-refractivity contribution in [3.05, 3.63) is 0 Å². The number of esters is 1. The zero-order valence-corrected chi connectivity index (χ0v) is 4.72. The van der Waals surface area contributed by atoms with Crippen LogP contribution in [0.15, 0.2) is 0 Å². The maximum Gasteiger partial charge on any atom is 0.305 e. The molecule has 0 saturated carbocycles. The van der Waals surface area contributed by atoms with Crippen LogP contribution < -0.4 is 0 Å². The van der Waals surface area contributed by atoms with Gasteiger partial charge >= 0.3 is 5.97 Å². The van der Waals surface area contributed by atoms with Gasteiger partial charge in [0.1, 0.15) is 6.61 Å². The average Bonchev–Trinajstić information content (AvgIpc) is 1.83. The summed E-state index contributed by atoms with van der Waals surface area (Å²) < 4.78 is 4.33. The molecule has 0 rings (SSSR count). The molecule has 0 aromatic carbocycles. The minimum atomic E-state index is -0.336. The molecule has 0 amide bonds. The van der Waals surface area contributed by atoms with Gasteiger partial charge in [0.2, 0.25) is 0 Å². The number of carbonyl (C=O) groups is 2. The van der Waals surface area contributed by atoms with Crippen LogP contribution in [0.25, 0.3) is 0 Å². The Morgan fingerprint density at radius 1 is 1.75 bits per heavy atom. The molecule has 3 nitrogen and oxygen atoms in total. The Labute approximate surface area is 47.6 Å². The number of carbonyl (C=O) groups excluding carboxylic acids is 2. The highest BCUT2D eigenvalue weighted by molar-refractivity contribution is 5.70. The minimum Gasteiger partial charge on any atom is -0.458 e. The summed E-state index contributed by atoms with van der Waals surface area (Å²) in [6.07, 6.45) is 0.876. The van der Waals surface area contributed by atoms with Gasteiger partial charge in [0.15, 0.2) is 6.29 Å². The average molecular weight is 116 g/mol. The summed E-state index contributed by atoms with van der Waals surface area (Å²) in [4.78, 5) is 19.7. The van der Waals surface area contributed by atoms with Crippen molar-refractivity contribution < 1.29 is 14.3 Å². The maximum absolute atomic E-state index is 10.2. The van der Waals surface area contributed by atoms with Crippen molar-refractivity contribution in [3.8, 4) is 0 Å². The topological polar surface area (TPSA) is 43.4 Å². The van der Waals surface area contributed by atoms with E-state index in [1.807, 2.05) is 0 Å². The van der Waals surface area contributed by atoms with E-state index in [0.29, 0.717) is 12.7 Å². The number of hydrogen-bond acceptors (Lipinski definition) is 3. The van der Waals surface area contributed by atoms with Crippen LogP contribution in [0, 0.1) is 0 Å². The molecule has 0 aliphatic heterocycles. The molecule has 46 valence electrons. The van der Waals surface area contributed by atoms with Crippen LogP contribution in [0.5, 0.6) is 0 Å². The van der Waals surface area contributed by atoms with E-state index in [0.717, 1.165) is 0 Å². The standard InChI is InChI=1S/C5H8O3/c1-2-5(7)8-4-3-6/h3H,2,4H2,1H3. The Balaban J connectivity index is 3.11. The Kier molecular flexibility index (Phi) is 3.84. The van der Waals surface area contributed by atoms with E-state index >= 15 is 0 Å². The lowest BCUT2D eigenvalue weighted by Crippen LogP contribution is -2.03. The lowest BCUT2D eigenvalue weighted by molar-refractivity contribution is -0.145. The molecule has 3 heteroatoms. The van der Waals surface area contributed by atoms with E-state index in [4.69, 9.17) is 0 Å². The van der Waals surface area contributed by atoms with E-state index in [2.05, 4.69) is 4.74 Å². The number of rotatable bonds is 3. The second-order valence-corrected chi connectivity index (χ2v) is 1.20. The summed E-state index contributed by atoms with van der Waals surface area (Å²) in [6.45, 7) is 1.56. The summed E-state index contributed by atoms with van der Waals surface area (Å²) in [5.74, 6) is -0.336. The normalized spacial score (nSPS) is 8.12. The predicted molar refractivity (Wildman–Crippen MR) is 27.3 cm³/mol. The second-order valence-electron chi connectivity index (χ2n) is 1.20. The Bertz CT molecular complexity index is 87.7. The highest BCUT2D eigenvalue weighted by Crippen LogP contribution is 1.80. The Morgan fingerprint density at radius 3 is 2.75 bits per heavy atom. The van der Waals surface area contributed by atoms with Gasteiger partial charge in [-0.25, -0.2) is 0 Å². The molecule has 0 fully saturated rings. The van der Waals surface area contributed by atoms with E-state index in [1.165, 1.54) is 0 Å². The van der Waals surface area contributed by atoms with Crippen molar-refractivity contribution in [1.29, 1.82) is 0 Å². The van der Waals surface area contributed by atoms with Crippen molar-refractivity contribution in [1.82, 2.24) is 0 Å².